The molecule has 0 aliphatic rings. The summed E-state index contributed by atoms with van der Waals surface area (Å²) in [6, 6.07) is 10.1. The summed E-state index contributed by atoms with van der Waals surface area (Å²) in [5.41, 5.74) is 0.789. The Morgan fingerprint density at radius 2 is 2.12 bits per heavy atom. The number of hydrogen-bond donors (Lipinski definition) is 1. The van der Waals surface area contributed by atoms with Gasteiger partial charge in [0.1, 0.15) is 0 Å². The number of nitrogens with one attached hydrogen (secondary N) is 1. The molecule has 2 aromatic rings. The van der Waals surface area contributed by atoms with E-state index in [2.05, 4.69) is 10.2 Å². The van der Waals surface area contributed by atoms with Crippen molar-refractivity contribution in [3.63, 3.8) is 0 Å². The Balaban J connectivity index is 2.20. The smallest absolute Gasteiger partial charge is 0.346 e. The van der Waals surface area contributed by atoms with Crippen LogP contribution in [0.5, 0.6) is 6.01 Å². The molecule has 0 fully saturated rings. The lowest BCUT2D eigenvalue weighted by Crippen LogP contribution is -2.18. The van der Waals surface area contributed by atoms with Gasteiger partial charge in [0, 0.05) is 0 Å². The van der Waals surface area contributed by atoms with Crippen LogP contribution in [0.4, 0.5) is 0 Å². The molecule has 0 saturated carbocycles. The molecule has 0 bridgehead atoms. The van der Waals surface area contributed by atoms with Crippen LogP contribution in [0.3, 0.4) is 0 Å². The van der Waals surface area contributed by atoms with Crippen LogP contribution in [-0.4, -0.2) is 21.4 Å². The fourth-order valence-electron chi connectivity index (χ4n) is 1.51. The monoisotopic (exact) mass is 233 g/mol. The molecule has 0 aliphatic carbocycles. The molecule has 0 unspecified atom stereocenters. The molecule has 17 heavy (non-hydrogen) atoms. The second-order valence-electron chi connectivity index (χ2n) is 3.73. The summed E-state index contributed by atoms with van der Waals surface area (Å²) in [7, 11) is 0. The fraction of sp³-hybridized carbons (Fsp3) is 0.333. The third-order valence-corrected chi connectivity index (χ3v) is 2.34. The predicted octanol–water partition coefficient (Wildman–Crippen LogP) is 1.41. The van der Waals surface area contributed by atoms with Gasteiger partial charge in [-0.3, -0.25) is 0 Å². The molecule has 0 amide bonds. The van der Waals surface area contributed by atoms with E-state index in [1.807, 2.05) is 37.3 Å². The molecule has 1 N–H and O–H groups in total. The van der Waals surface area contributed by atoms with Gasteiger partial charge in [0.15, 0.2) is 0 Å². The van der Waals surface area contributed by atoms with Gasteiger partial charge < -0.3 is 4.74 Å². The lowest BCUT2D eigenvalue weighted by Gasteiger charge is -2.06. The molecule has 5 nitrogen and oxygen atoms in total. The Hall–Kier alpha value is -2.04. The molecule has 1 heterocycles. The second kappa shape index (κ2) is 5.34. The molecule has 0 aliphatic heterocycles. The van der Waals surface area contributed by atoms with Crippen molar-refractivity contribution < 1.29 is 4.74 Å². The van der Waals surface area contributed by atoms with E-state index < -0.39 is 0 Å². The van der Waals surface area contributed by atoms with Crippen LogP contribution in [0.2, 0.25) is 0 Å². The van der Waals surface area contributed by atoms with E-state index in [0.717, 1.165) is 12.0 Å². The van der Waals surface area contributed by atoms with Crippen molar-refractivity contribution in [3.05, 3.63) is 46.4 Å². The van der Waals surface area contributed by atoms with Crippen LogP contribution in [0, 0.1) is 0 Å². The van der Waals surface area contributed by atoms with Crippen LogP contribution in [0.25, 0.3) is 0 Å². The quantitative estimate of drug-likeness (QED) is 0.849. The van der Waals surface area contributed by atoms with Crippen LogP contribution >= 0.6 is 0 Å². The van der Waals surface area contributed by atoms with Crippen LogP contribution < -0.4 is 10.4 Å². The summed E-state index contributed by atoms with van der Waals surface area (Å²) in [5.74, 6) is 0. The molecular formula is C12H15N3O2. The summed E-state index contributed by atoms with van der Waals surface area (Å²) in [5, 5.41) is 6.25. The van der Waals surface area contributed by atoms with Gasteiger partial charge in [-0.1, -0.05) is 37.3 Å². The van der Waals surface area contributed by atoms with E-state index in [9.17, 15) is 4.79 Å². The molecule has 0 saturated heterocycles. The van der Waals surface area contributed by atoms with Crippen molar-refractivity contribution in [2.45, 2.75) is 19.9 Å². The number of ether oxygens (including phenoxy) is 1. The zero-order chi connectivity index (χ0) is 12.1. The van der Waals surface area contributed by atoms with Crippen molar-refractivity contribution in [1.29, 1.82) is 0 Å². The number of hydrogen-bond acceptors (Lipinski definition) is 3. The Kier molecular flexibility index (Phi) is 3.59. The van der Waals surface area contributed by atoms with E-state index in [-0.39, 0.29) is 5.69 Å². The van der Waals surface area contributed by atoms with Crippen LogP contribution in [0.15, 0.2) is 35.1 Å². The maximum Gasteiger partial charge on any atom is 0.346 e. The first-order valence-electron chi connectivity index (χ1n) is 5.63. The molecular weight excluding hydrogens is 218 g/mol. The fourth-order valence-corrected chi connectivity index (χ4v) is 1.51. The minimum atomic E-state index is -0.250. The van der Waals surface area contributed by atoms with E-state index in [1.165, 1.54) is 4.57 Å². The molecule has 1 aromatic carbocycles. The van der Waals surface area contributed by atoms with Crippen molar-refractivity contribution >= 4 is 0 Å². The average molecular weight is 233 g/mol. The summed E-state index contributed by atoms with van der Waals surface area (Å²) in [6.07, 6.45) is 0.881. The second-order valence-corrected chi connectivity index (χ2v) is 3.73. The van der Waals surface area contributed by atoms with Crippen molar-refractivity contribution in [1.82, 2.24) is 14.8 Å². The predicted molar refractivity (Wildman–Crippen MR) is 64.2 cm³/mol. The zero-order valence-electron chi connectivity index (χ0n) is 9.72. The molecule has 0 atom stereocenters. The van der Waals surface area contributed by atoms with Crippen LogP contribution in [0.1, 0.15) is 18.9 Å². The zero-order valence-corrected chi connectivity index (χ0v) is 9.72. The van der Waals surface area contributed by atoms with Gasteiger partial charge in [0.05, 0.1) is 13.2 Å². The Morgan fingerprint density at radius 1 is 1.35 bits per heavy atom. The highest BCUT2D eigenvalue weighted by Crippen LogP contribution is 2.07. The summed E-state index contributed by atoms with van der Waals surface area (Å²) >= 11 is 0. The largest absolute Gasteiger partial charge is 0.464 e. The average Bonchev–Trinajstić information content (AvgIpc) is 2.70. The molecule has 2 rings (SSSR count). The Labute approximate surface area is 99.1 Å². The van der Waals surface area contributed by atoms with Gasteiger partial charge in [-0.2, -0.15) is 0 Å². The molecule has 90 valence electrons. The lowest BCUT2D eigenvalue weighted by molar-refractivity contribution is 0.278. The summed E-state index contributed by atoms with van der Waals surface area (Å²) in [6.45, 7) is 3.03. The van der Waals surface area contributed by atoms with Gasteiger partial charge in [0.25, 0.3) is 0 Å². The minimum absolute atomic E-state index is 0.250. The van der Waals surface area contributed by atoms with Gasteiger partial charge in [-0.05, 0) is 12.0 Å². The molecule has 0 spiro atoms. The van der Waals surface area contributed by atoms with Gasteiger partial charge in [-0.15, -0.1) is 5.10 Å². The minimum Gasteiger partial charge on any atom is -0.464 e. The topological polar surface area (TPSA) is 59.9 Å². The van der Waals surface area contributed by atoms with Crippen molar-refractivity contribution in [2.75, 3.05) is 6.61 Å². The van der Waals surface area contributed by atoms with E-state index in [0.29, 0.717) is 19.2 Å². The Morgan fingerprint density at radius 3 is 2.82 bits per heavy atom. The lowest BCUT2D eigenvalue weighted by atomic mass is 10.2. The molecule has 5 heteroatoms. The maximum atomic E-state index is 11.6. The number of aromatic nitrogens is 3. The number of rotatable bonds is 5. The number of aromatic amines is 1. The first kappa shape index (κ1) is 11.4. The normalized spacial score (nSPS) is 10.4. The highest BCUT2D eigenvalue weighted by molar-refractivity contribution is 5.16. The number of H-pyrrole nitrogens is 1. The number of nitrogens with zero attached hydrogens (tertiary/aromatic N) is 2. The van der Waals surface area contributed by atoms with E-state index in [4.69, 9.17) is 4.74 Å². The first-order chi connectivity index (χ1) is 8.31. The van der Waals surface area contributed by atoms with Gasteiger partial charge in [0.2, 0.25) is 0 Å². The summed E-state index contributed by atoms with van der Waals surface area (Å²) < 4.78 is 6.89. The van der Waals surface area contributed by atoms with Crippen LogP contribution in [-0.2, 0) is 6.54 Å². The Bertz CT molecular complexity index is 516. The molecule has 0 radical (unpaired) electrons. The maximum absolute atomic E-state index is 11.6. The third-order valence-electron chi connectivity index (χ3n) is 2.34. The van der Waals surface area contributed by atoms with Crippen molar-refractivity contribution in [2.24, 2.45) is 0 Å². The standard InChI is InChI=1S/C12H15N3O2/c1-2-8-17-12-14-13-11(16)15(12)9-10-6-4-3-5-7-10/h3-7H,2,8-9H2,1H3,(H,13,16). The molecule has 1 aromatic heterocycles. The first-order valence-corrected chi connectivity index (χ1v) is 5.63. The highest BCUT2D eigenvalue weighted by atomic mass is 16.5. The van der Waals surface area contributed by atoms with Gasteiger partial charge in [-0.25, -0.2) is 14.5 Å². The van der Waals surface area contributed by atoms with Crippen molar-refractivity contribution in [3.8, 4) is 6.01 Å². The highest BCUT2D eigenvalue weighted by Gasteiger charge is 2.09. The van der Waals surface area contributed by atoms with E-state index >= 15 is 0 Å². The van der Waals surface area contributed by atoms with Gasteiger partial charge >= 0.3 is 11.7 Å². The number of benzene rings is 1. The summed E-state index contributed by atoms with van der Waals surface area (Å²) in [4.78, 5) is 11.6. The van der Waals surface area contributed by atoms with E-state index in [1.54, 1.807) is 0 Å². The third kappa shape index (κ3) is 2.75. The SMILES string of the molecule is CCCOc1n[nH]c(=O)n1Cc1ccccc1.